The molecule has 0 fully saturated rings. The van der Waals surface area contributed by atoms with Crippen LogP contribution in [0.25, 0.3) is 11.2 Å². The van der Waals surface area contributed by atoms with Gasteiger partial charge in [0.2, 0.25) is 5.91 Å². The first-order chi connectivity index (χ1) is 14.0. The van der Waals surface area contributed by atoms with E-state index in [0.29, 0.717) is 25.4 Å². The molecular weight excluding hydrogens is 368 g/mol. The van der Waals surface area contributed by atoms with E-state index in [4.69, 9.17) is 4.42 Å². The number of amides is 2. The number of pyridine rings is 1. The van der Waals surface area contributed by atoms with Gasteiger partial charge >= 0.3 is 0 Å². The van der Waals surface area contributed by atoms with Crippen molar-refractivity contribution in [1.29, 1.82) is 0 Å². The molecule has 0 spiro atoms. The van der Waals surface area contributed by atoms with Gasteiger partial charge in [-0.15, -0.1) is 0 Å². The number of furan rings is 1. The van der Waals surface area contributed by atoms with Crippen molar-refractivity contribution in [1.82, 2.24) is 19.6 Å². The lowest BCUT2D eigenvalue weighted by Crippen LogP contribution is -2.37. The Kier molecular flexibility index (Phi) is 5.20. The predicted octanol–water partition coefficient (Wildman–Crippen LogP) is 3.13. The van der Waals surface area contributed by atoms with Crippen molar-refractivity contribution in [2.24, 2.45) is 5.92 Å². The number of carbonyl (C=O) groups excluding carboxylic acids is 2. The van der Waals surface area contributed by atoms with E-state index in [1.807, 2.05) is 59.8 Å². The van der Waals surface area contributed by atoms with Crippen molar-refractivity contribution in [3.05, 3.63) is 66.0 Å². The van der Waals surface area contributed by atoms with Crippen LogP contribution in [0.5, 0.6) is 0 Å². The van der Waals surface area contributed by atoms with Crippen LogP contribution >= 0.6 is 0 Å². The highest BCUT2D eigenvalue weighted by Gasteiger charge is 2.22. The Morgan fingerprint density at radius 1 is 1.24 bits per heavy atom. The maximum atomic E-state index is 12.4. The van der Waals surface area contributed by atoms with Crippen LogP contribution in [0, 0.1) is 5.92 Å². The lowest BCUT2D eigenvalue weighted by atomic mass is 10.0. The summed E-state index contributed by atoms with van der Waals surface area (Å²) < 4.78 is 7.69. The number of nitrogens with one attached hydrogen (secondary N) is 1. The molecule has 0 atom stereocenters. The van der Waals surface area contributed by atoms with Gasteiger partial charge in [-0.2, -0.15) is 0 Å². The minimum Gasteiger partial charge on any atom is -0.451 e. The molecule has 4 rings (SSSR count). The summed E-state index contributed by atoms with van der Waals surface area (Å²) in [4.78, 5) is 30.6. The summed E-state index contributed by atoms with van der Waals surface area (Å²) in [6.07, 6.45) is 8.25. The molecule has 3 aromatic heterocycles. The van der Waals surface area contributed by atoms with Crippen molar-refractivity contribution < 1.29 is 14.0 Å². The summed E-state index contributed by atoms with van der Waals surface area (Å²) in [5.74, 6) is 0.868. The van der Waals surface area contributed by atoms with Crippen LogP contribution < -0.4 is 5.32 Å². The third-order valence-electron chi connectivity index (χ3n) is 5.08. The third kappa shape index (κ3) is 4.08. The number of hydrogen-bond donors (Lipinski definition) is 1. The molecule has 0 bridgehead atoms. The average molecular weight is 392 g/mol. The lowest BCUT2D eigenvalue weighted by Gasteiger charge is -2.27. The topological polar surface area (TPSA) is 79.9 Å². The minimum atomic E-state index is -0.257. The summed E-state index contributed by atoms with van der Waals surface area (Å²) in [7, 11) is 0. The number of aromatic nitrogens is 2. The molecule has 1 aliphatic rings. The van der Waals surface area contributed by atoms with Gasteiger partial charge in [-0.25, -0.2) is 4.98 Å². The first kappa shape index (κ1) is 19.0. The molecule has 4 heterocycles. The maximum Gasteiger partial charge on any atom is 0.287 e. The van der Waals surface area contributed by atoms with Crippen LogP contribution in [0.2, 0.25) is 0 Å². The minimum absolute atomic E-state index is 0.00179. The van der Waals surface area contributed by atoms with Crippen molar-refractivity contribution >= 4 is 23.0 Å². The number of imidazole rings is 1. The summed E-state index contributed by atoms with van der Waals surface area (Å²) in [5.41, 5.74) is 2.83. The van der Waals surface area contributed by atoms with Gasteiger partial charge in [0.05, 0.1) is 0 Å². The van der Waals surface area contributed by atoms with Gasteiger partial charge in [-0.1, -0.05) is 19.9 Å². The maximum absolute atomic E-state index is 12.4. The Labute approximate surface area is 169 Å². The Balaban J connectivity index is 1.37. The normalized spacial score (nSPS) is 14.3. The molecule has 3 aromatic rings. The standard InChI is InChI=1S/C22H24N4O3/c1-15(2)22(28)26-10-6-17(7-11-26)18-3-4-19(29-18)21(27)24-14-16-5-9-25-12-8-23-20(25)13-16/h3-6,8-9,12-13,15H,7,10-11,14H2,1-2H3,(H,24,27). The molecule has 2 amide bonds. The van der Waals surface area contributed by atoms with Crippen molar-refractivity contribution in [2.75, 3.05) is 13.1 Å². The molecule has 0 saturated carbocycles. The molecule has 0 aliphatic carbocycles. The van der Waals surface area contributed by atoms with Crippen molar-refractivity contribution in [3.8, 4) is 0 Å². The van der Waals surface area contributed by atoms with Gasteiger partial charge in [-0.3, -0.25) is 9.59 Å². The molecule has 1 N–H and O–H groups in total. The number of fused-ring (bicyclic) bond motifs is 1. The highest BCUT2D eigenvalue weighted by Crippen LogP contribution is 2.25. The van der Waals surface area contributed by atoms with E-state index in [1.165, 1.54) is 0 Å². The molecule has 0 saturated heterocycles. The van der Waals surface area contributed by atoms with Gasteiger partial charge in [-0.05, 0) is 41.8 Å². The second-order valence-electron chi connectivity index (χ2n) is 7.49. The summed E-state index contributed by atoms with van der Waals surface area (Å²) in [5, 5.41) is 2.88. The van der Waals surface area contributed by atoms with E-state index >= 15 is 0 Å². The Hall–Kier alpha value is -3.35. The molecule has 7 nitrogen and oxygen atoms in total. The van der Waals surface area contributed by atoms with Crippen LogP contribution in [0.1, 0.15) is 42.1 Å². The fourth-order valence-electron chi connectivity index (χ4n) is 3.42. The van der Waals surface area contributed by atoms with Crippen LogP contribution in [0.4, 0.5) is 0 Å². The Morgan fingerprint density at radius 2 is 2.10 bits per heavy atom. The lowest BCUT2D eigenvalue weighted by molar-refractivity contribution is -0.134. The van der Waals surface area contributed by atoms with E-state index in [-0.39, 0.29) is 23.5 Å². The van der Waals surface area contributed by atoms with Crippen LogP contribution in [-0.2, 0) is 11.3 Å². The SMILES string of the molecule is CC(C)C(=O)N1CC=C(c2ccc(C(=O)NCc3ccn4ccnc4c3)o2)CC1. The summed E-state index contributed by atoms with van der Waals surface area (Å²) in [6.45, 7) is 5.46. The number of hydrogen-bond acceptors (Lipinski definition) is 4. The zero-order chi connectivity index (χ0) is 20.4. The summed E-state index contributed by atoms with van der Waals surface area (Å²) >= 11 is 0. The second kappa shape index (κ2) is 7.95. The van der Waals surface area contributed by atoms with E-state index in [9.17, 15) is 9.59 Å². The fourth-order valence-corrected chi connectivity index (χ4v) is 3.42. The molecule has 1 aliphatic heterocycles. The van der Waals surface area contributed by atoms with Crippen molar-refractivity contribution in [3.63, 3.8) is 0 Å². The van der Waals surface area contributed by atoms with Gasteiger partial charge in [0, 0.05) is 44.1 Å². The first-order valence-electron chi connectivity index (χ1n) is 9.79. The quantitative estimate of drug-likeness (QED) is 0.723. The zero-order valence-corrected chi connectivity index (χ0v) is 16.6. The Morgan fingerprint density at radius 3 is 2.86 bits per heavy atom. The number of rotatable bonds is 5. The van der Waals surface area contributed by atoms with Crippen LogP contribution in [-0.4, -0.2) is 39.2 Å². The molecule has 0 aromatic carbocycles. The largest absolute Gasteiger partial charge is 0.451 e. The molecule has 0 unspecified atom stereocenters. The monoisotopic (exact) mass is 392 g/mol. The van der Waals surface area contributed by atoms with E-state index in [1.54, 1.807) is 12.3 Å². The highest BCUT2D eigenvalue weighted by molar-refractivity contribution is 5.92. The molecule has 7 heteroatoms. The number of carbonyl (C=O) groups is 2. The molecule has 29 heavy (non-hydrogen) atoms. The molecule has 150 valence electrons. The second-order valence-corrected chi connectivity index (χ2v) is 7.49. The Bertz CT molecular complexity index is 1080. The predicted molar refractivity (Wildman–Crippen MR) is 109 cm³/mol. The average Bonchev–Trinajstić information content (AvgIpc) is 3.40. The first-order valence-corrected chi connectivity index (χ1v) is 9.79. The van der Waals surface area contributed by atoms with E-state index < -0.39 is 0 Å². The van der Waals surface area contributed by atoms with Crippen LogP contribution in [0.3, 0.4) is 0 Å². The molecular formula is C22H24N4O3. The number of nitrogens with zero attached hydrogens (tertiary/aromatic N) is 3. The van der Waals surface area contributed by atoms with Gasteiger partial charge in [0.1, 0.15) is 11.4 Å². The summed E-state index contributed by atoms with van der Waals surface area (Å²) in [6, 6.07) is 7.39. The van der Waals surface area contributed by atoms with Crippen LogP contribution in [0.15, 0.2) is 53.3 Å². The highest BCUT2D eigenvalue weighted by atomic mass is 16.4. The fraction of sp³-hybridized carbons (Fsp3) is 0.318. The van der Waals surface area contributed by atoms with E-state index in [0.717, 1.165) is 23.2 Å². The smallest absolute Gasteiger partial charge is 0.287 e. The van der Waals surface area contributed by atoms with Gasteiger partial charge in [0.15, 0.2) is 5.76 Å². The third-order valence-corrected chi connectivity index (χ3v) is 5.08. The zero-order valence-electron chi connectivity index (χ0n) is 16.6. The van der Waals surface area contributed by atoms with Gasteiger partial charge in [0.25, 0.3) is 5.91 Å². The van der Waals surface area contributed by atoms with Gasteiger partial charge < -0.3 is 19.0 Å². The van der Waals surface area contributed by atoms with Crippen molar-refractivity contribution in [2.45, 2.75) is 26.8 Å². The molecule has 0 radical (unpaired) electrons. The van der Waals surface area contributed by atoms with E-state index in [2.05, 4.69) is 10.3 Å².